The molecule has 2 fully saturated rings. The number of aliphatic carboxylic acids is 1. The van der Waals surface area contributed by atoms with E-state index in [0.717, 1.165) is 22.5 Å². The Morgan fingerprint density at radius 2 is 1.77 bits per heavy atom. The van der Waals surface area contributed by atoms with Crippen LogP contribution in [0, 0.1) is 31.6 Å². The maximum Gasteiger partial charge on any atom is 0.490 e. The molecular weight excluding hydrogens is 467 g/mol. The summed E-state index contributed by atoms with van der Waals surface area (Å²) in [5.41, 5.74) is 3.21. The molecule has 0 bridgehead atoms. The number of rotatable bonds is 3. The molecule has 2 aliphatic heterocycles. The van der Waals surface area contributed by atoms with Gasteiger partial charge in [0.05, 0.1) is 30.5 Å². The summed E-state index contributed by atoms with van der Waals surface area (Å²) < 4.78 is 37.5. The number of fused-ring (bicyclic) bond motifs is 1. The molecule has 2 N–H and O–H groups in total. The molecule has 1 aromatic carbocycles. The van der Waals surface area contributed by atoms with Crippen molar-refractivity contribution >= 4 is 23.5 Å². The molecule has 0 aliphatic carbocycles. The number of alkyl halides is 3. The zero-order valence-corrected chi connectivity index (χ0v) is 19.2. The summed E-state index contributed by atoms with van der Waals surface area (Å²) in [6, 6.07) is 11.3. The number of ether oxygens (including phenoxy) is 1. The molecule has 35 heavy (non-hydrogen) atoms. The molecule has 2 saturated heterocycles. The fourth-order valence-corrected chi connectivity index (χ4v) is 4.26. The quantitative estimate of drug-likeness (QED) is 0.679. The Hall–Kier alpha value is -3.47. The minimum absolute atomic E-state index is 0.0368. The summed E-state index contributed by atoms with van der Waals surface area (Å²) in [6.45, 7) is 6.02. The van der Waals surface area contributed by atoms with Crippen molar-refractivity contribution in [2.75, 3.05) is 31.6 Å². The number of halogens is 3. The van der Waals surface area contributed by atoms with Crippen molar-refractivity contribution in [3.63, 3.8) is 0 Å². The van der Waals surface area contributed by atoms with Gasteiger partial charge in [0.25, 0.3) is 5.91 Å². The molecule has 0 saturated carbocycles. The predicted octanol–water partition coefficient (Wildman–Crippen LogP) is 3.31. The highest BCUT2D eigenvalue weighted by atomic mass is 19.4. The number of hydrogen-bond acceptors (Lipinski definition) is 5. The molecule has 0 unspecified atom stereocenters. The van der Waals surface area contributed by atoms with E-state index in [-0.39, 0.29) is 29.6 Å². The monoisotopic (exact) mass is 493 g/mol. The fourth-order valence-electron chi connectivity index (χ4n) is 4.26. The van der Waals surface area contributed by atoms with Gasteiger partial charge in [-0.3, -0.25) is 14.6 Å². The van der Waals surface area contributed by atoms with Gasteiger partial charge >= 0.3 is 12.1 Å². The molecule has 4 rings (SSSR count). The lowest BCUT2D eigenvalue weighted by molar-refractivity contribution is -0.192. The molecule has 2 aliphatic rings. The largest absolute Gasteiger partial charge is 0.490 e. The SMILES string of the molecule is Cc1ccccc1C(=O)N1C[C@@H]2COC[C@@H](C(=O)Nc3cccnc3C)[C@@H]2C1.O=C(O)C(F)(F)F. The number of likely N-dealkylation sites (tertiary alicyclic amines) is 1. The van der Waals surface area contributed by atoms with Crippen LogP contribution in [0.4, 0.5) is 18.9 Å². The zero-order chi connectivity index (χ0) is 25.8. The normalized spacial score (nSPS) is 21.4. The number of pyridine rings is 1. The van der Waals surface area contributed by atoms with Gasteiger partial charge in [0.2, 0.25) is 5.91 Å². The number of carbonyl (C=O) groups is 3. The molecule has 1 aromatic heterocycles. The molecule has 2 aromatic rings. The lowest BCUT2D eigenvalue weighted by Crippen LogP contribution is -2.42. The van der Waals surface area contributed by atoms with Gasteiger partial charge in [0.1, 0.15) is 0 Å². The number of aryl methyl sites for hydroxylation is 2. The number of nitrogens with zero attached hydrogens (tertiary/aromatic N) is 2. The Morgan fingerprint density at radius 1 is 1.09 bits per heavy atom. The van der Waals surface area contributed by atoms with Crippen LogP contribution >= 0.6 is 0 Å². The third-order valence-electron chi connectivity index (χ3n) is 6.14. The standard InChI is InChI=1S/C22H25N3O3.C2HF3O2/c1-14-6-3-4-7-17(14)22(27)25-10-16-12-28-13-19(18(16)11-25)21(26)24-20-8-5-9-23-15(20)2;3-2(4,5)1(6)7/h3-9,16,18-19H,10-13H2,1-2H3,(H,24,26);(H,6,7)/t16-,18-,19-;/m1./s1. The average Bonchev–Trinajstić information content (AvgIpc) is 3.25. The summed E-state index contributed by atoms with van der Waals surface area (Å²) in [5.74, 6) is -2.75. The number of aromatic nitrogens is 1. The number of nitrogens with one attached hydrogen (secondary N) is 1. The molecule has 0 spiro atoms. The van der Waals surface area contributed by atoms with Crippen LogP contribution in [0.2, 0.25) is 0 Å². The van der Waals surface area contributed by atoms with Gasteiger partial charge in [0.15, 0.2) is 0 Å². The molecule has 8 nitrogen and oxygen atoms in total. The lowest BCUT2D eigenvalue weighted by Gasteiger charge is -2.31. The van der Waals surface area contributed by atoms with Gasteiger partial charge in [-0.2, -0.15) is 13.2 Å². The molecule has 2 amide bonds. The Kier molecular flexibility index (Phi) is 8.11. The second kappa shape index (κ2) is 10.9. The van der Waals surface area contributed by atoms with Gasteiger partial charge in [-0.25, -0.2) is 4.79 Å². The third kappa shape index (κ3) is 6.36. The zero-order valence-electron chi connectivity index (χ0n) is 19.2. The molecule has 0 radical (unpaired) electrons. The van der Waals surface area contributed by atoms with Crippen LogP contribution in [-0.4, -0.2) is 65.3 Å². The third-order valence-corrected chi connectivity index (χ3v) is 6.14. The number of carbonyl (C=O) groups excluding carboxylic acids is 2. The minimum atomic E-state index is -5.08. The highest BCUT2D eigenvalue weighted by molar-refractivity contribution is 5.96. The van der Waals surface area contributed by atoms with E-state index in [1.165, 1.54) is 0 Å². The van der Waals surface area contributed by atoms with E-state index in [1.807, 2.05) is 49.1 Å². The van der Waals surface area contributed by atoms with E-state index in [0.29, 0.717) is 26.3 Å². The van der Waals surface area contributed by atoms with Crippen molar-refractivity contribution < 1.29 is 37.4 Å². The summed E-state index contributed by atoms with van der Waals surface area (Å²) in [5, 5.41) is 10.1. The van der Waals surface area contributed by atoms with E-state index in [2.05, 4.69) is 10.3 Å². The smallest absolute Gasteiger partial charge is 0.475 e. The van der Waals surface area contributed by atoms with Crippen LogP contribution in [0.3, 0.4) is 0 Å². The highest BCUT2D eigenvalue weighted by Gasteiger charge is 2.45. The highest BCUT2D eigenvalue weighted by Crippen LogP contribution is 2.35. The summed E-state index contributed by atoms with van der Waals surface area (Å²) in [7, 11) is 0. The van der Waals surface area contributed by atoms with Crippen molar-refractivity contribution in [3.8, 4) is 0 Å². The van der Waals surface area contributed by atoms with E-state index in [9.17, 15) is 22.8 Å². The molecule has 3 atom stereocenters. The molecule has 188 valence electrons. The van der Waals surface area contributed by atoms with Crippen LogP contribution in [0.5, 0.6) is 0 Å². The minimum Gasteiger partial charge on any atom is -0.475 e. The summed E-state index contributed by atoms with van der Waals surface area (Å²) in [6.07, 6.45) is -3.38. The van der Waals surface area contributed by atoms with Crippen molar-refractivity contribution in [1.82, 2.24) is 9.88 Å². The van der Waals surface area contributed by atoms with Crippen LogP contribution < -0.4 is 5.32 Å². The maximum absolute atomic E-state index is 13.0. The van der Waals surface area contributed by atoms with Gasteiger partial charge in [-0.1, -0.05) is 18.2 Å². The first-order valence-electron chi connectivity index (χ1n) is 10.9. The summed E-state index contributed by atoms with van der Waals surface area (Å²) in [4.78, 5) is 40.9. The van der Waals surface area contributed by atoms with Crippen LogP contribution in [0.25, 0.3) is 0 Å². The second-order valence-corrected chi connectivity index (χ2v) is 8.52. The Bertz CT molecular complexity index is 1090. The van der Waals surface area contributed by atoms with Crippen LogP contribution in [0.15, 0.2) is 42.6 Å². The van der Waals surface area contributed by atoms with Crippen molar-refractivity contribution in [3.05, 3.63) is 59.4 Å². The first-order valence-corrected chi connectivity index (χ1v) is 10.9. The van der Waals surface area contributed by atoms with Gasteiger partial charge < -0.3 is 20.1 Å². The molecule has 11 heteroatoms. The van der Waals surface area contributed by atoms with Crippen LogP contribution in [0.1, 0.15) is 21.6 Å². The Balaban J connectivity index is 0.000000429. The van der Waals surface area contributed by atoms with E-state index in [4.69, 9.17) is 14.6 Å². The Morgan fingerprint density at radius 3 is 2.40 bits per heavy atom. The van der Waals surface area contributed by atoms with E-state index < -0.39 is 12.1 Å². The van der Waals surface area contributed by atoms with Gasteiger partial charge in [-0.15, -0.1) is 0 Å². The number of amides is 2. The fraction of sp³-hybridized carbons (Fsp3) is 0.417. The number of carboxylic acid groups (broad SMARTS) is 1. The first-order chi connectivity index (χ1) is 16.5. The second-order valence-electron chi connectivity index (χ2n) is 8.52. The number of anilines is 1. The van der Waals surface area contributed by atoms with Crippen molar-refractivity contribution in [2.24, 2.45) is 17.8 Å². The van der Waals surface area contributed by atoms with Crippen LogP contribution in [-0.2, 0) is 14.3 Å². The lowest BCUT2D eigenvalue weighted by atomic mass is 9.82. The summed E-state index contributed by atoms with van der Waals surface area (Å²) >= 11 is 0. The van der Waals surface area contributed by atoms with Crippen molar-refractivity contribution in [2.45, 2.75) is 20.0 Å². The van der Waals surface area contributed by atoms with E-state index in [1.54, 1.807) is 12.3 Å². The van der Waals surface area contributed by atoms with Crippen molar-refractivity contribution in [1.29, 1.82) is 0 Å². The van der Waals surface area contributed by atoms with Gasteiger partial charge in [0, 0.05) is 30.8 Å². The average molecular weight is 493 g/mol. The van der Waals surface area contributed by atoms with E-state index >= 15 is 0 Å². The molecule has 3 heterocycles. The topological polar surface area (TPSA) is 109 Å². The first kappa shape index (κ1) is 26.1. The predicted molar refractivity (Wildman–Crippen MR) is 120 cm³/mol. The molecular formula is C24H26F3N3O5. The van der Waals surface area contributed by atoms with Gasteiger partial charge in [-0.05, 0) is 43.5 Å². The number of carboxylic acids is 1. The number of benzene rings is 1. The number of hydrogen-bond donors (Lipinski definition) is 2. The maximum atomic E-state index is 13.0. The Labute approximate surface area is 200 Å².